The van der Waals surface area contributed by atoms with Gasteiger partial charge in [-0.3, -0.25) is 9.80 Å². The van der Waals surface area contributed by atoms with Crippen LogP contribution in [0.25, 0.3) is 0 Å². The number of aryl methyl sites for hydroxylation is 1. The van der Waals surface area contributed by atoms with Gasteiger partial charge in [0.1, 0.15) is 5.76 Å². The summed E-state index contributed by atoms with van der Waals surface area (Å²) in [7, 11) is 0. The van der Waals surface area contributed by atoms with Crippen LogP contribution in [-0.2, 0) is 6.54 Å². The number of aromatic nitrogens is 1. The third-order valence-electron chi connectivity index (χ3n) is 4.74. The molecule has 1 aromatic rings. The third-order valence-corrected chi connectivity index (χ3v) is 4.74. The standard InChI is InChI=1S/C15H25N3O/c1-13-14(11-16-19-13)12-17-7-9-18(10-8-17)15-5-3-2-4-6-15/h11,15H,2-10,12H2,1H3. The topological polar surface area (TPSA) is 32.5 Å². The van der Waals surface area contributed by atoms with Crippen LogP contribution in [0.1, 0.15) is 43.4 Å². The van der Waals surface area contributed by atoms with Gasteiger partial charge in [-0.05, 0) is 19.8 Å². The lowest BCUT2D eigenvalue weighted by Crippen LogP contribution is -2.50. The summed E-state index contributed by atoms with van der Waals surface area (Å²) in [6, 6.07) is 0.869. The smallest absolute Gasteiger partial charge is 0.138 e. The highest BCUT2D eigenvalue weighted by Gasteiger charge is 2.25. The minimum absolute atomic E-state index is 0.869. The first-order valence-corrected chi connectivity index (χ1v) is 7.69. The van der Waals surface area contributed by atoms with Crippen molar-refractivity contribution in [1.82, 2.24) is 15.0 Å². The van der Waals surface area contributed by atoms with Crippen molar-refractivity contribution < 1.29 is 4.52 Å². The molecular weight excluding hydrogens is 238 g/mol. The second-order valence-corrected chi connectivity index (χ2v) is 6.01. The van der Waals surface area contributed by atoms with Crippen molar-refractivity contribution in [2.45, 2.75) is 51.6 Å². The minimum Gasteiger partial charge on any atom is -0.361 e. The largest absolute Gasteiger partial charge is 0.361 e. The number of piperazine rings is 1. The summed E-state index contributed by atoms with van der Waals surface area (Å²) < 4.78 is 5.14. The first-order valence-electron chi connectivity index (χ1n) is 7.69. The molecule has 3 rings (SSSR count). The van der Waals surface area contributed by atoms with Crippen molar-refractivity contribution in [2.24, 2.45) is 0 Å². The van der Waals surface area contributed by atoms with Crippen LogP contribution in [0, 0.1) is 6.92 Å². The van der Waals surface area contributed by atoms with E-state index in [1.807, 2.05) is 13.1 Å². The van der Waals surface area contributed by atoms with Gasteiger partial charge in [-0.15, -0.1) is 0 Å². The number of hydrogen-bond acceptors (Lipinski definition) is 4. The number of nitrogens with zero attached hydrogens (tertiary/aromatic N) is 3. The van der Waals surface area contributed by atoms with Crippen molar-refractivity contribution in [3.63, 3.8) is 0 Å². The van der Waals surface area contributed by atoms with Crippen LogP contribution in [0.5, 0.6) is 0 Å². The van der Waals surface area contributed by atoms with Gasteiger partial charge in [0.05, 0.1) is 6.20 Å². The highest BCUT2D eigenvalue weighted by Crippen LogP contribution is 2.23. The molecular formula is C15H25N3O. The molecule has 1 aliphatic carbocycles. The Balaban J connectivity index is 1.48. The van der Waals surface area contributed by atoms with Crippen molar-refractivity contribution in [3.05, 3.63) is 17.5 Å². The maximum atomic E-state index is 5.14. The first-order chi connectivity index (χ1) is 9.33. The molecule has 0 unspecified atom stereocenters. The summed E-state index contributed by atoms with van der Waals surface area (Å²) in [5.74, 6) is 0.967. The average Bonchev–Trinajstić information content (AvgIpc) is 2.86. The molecule has 0 radical (unpaired) electrons. The van der Waals surface area contributed by atoms with Gasteiger partial charge in [0.25, 0.3) is 0 Å². The molecule has 2 aliphatic rings. The van der Waals surface area contributed by atoms with E-state index in [1.165, 1.54) is 63.8 Å². The van der Waals surface area contributed by atoms with Crippen molar-refractivity contribution in [1.29, 1.82) is 0 Å². The average molecular weight is 263 g/mol. The third kappa shape index (κ3) is 3.18. The first kappa shape index (κ1) is 13.1. The molecule has 1 saturated heterocycles. The zero-order chi connectivity index (χ0) is 13.1. The van der Waals surface area contributed by atoms with Crippen LogP contribution in [0.3, 0.4) is 0 Å². The maximum Gasteiger partial charge on any atom is 0.138 e. The highest BCUT2D eigenvalue weighted by atomic mass is 16.5. The predicted octanol–water partition coefficient (Wildman–Crippen LogP) is 2.43. The Bertz CT molecular complexity index is 390. The van der Waals surface area contributed by atoms with Crippen molar-refractivity contribution in [2.75, 3.05) is 26.2 Å². The Morgan fingerprint density at radius 3 is 2.53 bits per heavy atom. The van der Waals surface area contributed by atoms with Crippen LogP contribution in [-0.4, -0.2) is 47.2 Å². The predicted molar refractivity (Wildman–Crippen MR) is 75.0 cm³/mol. The van der Waals surface area contributed by atoms with E-state index in [9.17, 15) is 0 Å². The van der Waals surface area contributed by atoms with E-state index in [1.54, 1.807) is 0 Å². The molecule has 2 heterocycles. The summed E-state index contributed by atoms with van der Waals surface area (Å²) in [6.45, 7) is 7.82. The van der Waals surface area contributed by atoms with E-state index in [0.29, 0.717) is 0 Å². The van der Waals surface area contributed by atoms with Crippen LogP contribution in [0.2, 0.25) is 0 Å². The zero-order valence-electron chi connectivity index (χ0n) is 12.0. The van der Waals surface area contributed by atoms with E-state index in [0.717, 1.165) is 18.3 Å². The van der Waals surface area contributed by atoms with Gasteiger partial charge >= 0.3 is 0 Å². The number of rotatable bonds is 3. The fourth-order valence-electron chi connectivity index (χ4n) is 3.44. The summed E-state index contributed by atoms with van der Waals surface area (Å²) in [5.41, 5.74) is 1.24. The molecule has 1 aromatic heterocycles. The van der Waals surface area contributed by atoms with E-state index in [-0.39, 0.29) is 0 Å². The SMILES string of the molecule is Cc1oncc1CN1CCN(C2CCCCC2)CC1. The molecule has 0 amide bonds. The zero-order valence-corrected chi connectivity index (χ0v) is 12.0. The summed E-state index contributed by atoms with van der Waals surface area (Å²) in [6.07, 6.45) is 9.02. The summed E-state index contributed by atoms with van der Waals surface area (Å²) in [4.78, 5) is 5.25. The van der Waals surface area contributed by atoms with Crippen LogP contribution >= 0.6 is 0 Å². The van der Waals surface area contributed by atoms with E-state index in [4.69, 9.17) is 4.52 Å². The molecule has 0 spiro atoms. The normalized spacial score (nSPS) is 23.8. The van der Waals surface area contributed by atoms with E-state index in [2.05, 4.69) is 15.0 Å². The molecule has 2 fully saturated rings. The van der Waals surface area contributed by atoms with Crippen LogP contribution in [0.4, 0.5) is 0 Å². The van der Waals surface area contributed by atoms with Gasteiger partial charge in [0.15, 0.2) is 0 Å². The molecule has 4 heteroatoms. The summed E-state index contributed by atoms with van der Waals surface area (Å²) >= 11 is 0. The Labute approximate surface area is 115 Å². The monoisotopic (exact) mass is 263 g/mol. The number of hydrogen-bond donors (Lipinski definition) is 0. The Morgan fingerprint density at radius 2 is 1.89 bits per heavy atom. The van der Waals surface area contributed by atoms with Gasteiger partial charge in [0.2, 0.25) is 0 Å². The Kier molecular flexibility index (Phi) is 4.18. The Morgan fingerprint density at radius 1 is 1.16 bits per heavy atom. The molecule has 19 heavy (non-hydrogen) atoms. The minimum atomic E-state index is 0.869. The molecule has 1 aliphatic heterocycles. The molecule has 0 bridgehead atoms. The van der Waals surface area contributed by atoms with Gasteiger partial charge in [-0.2, -0.15) is 0 Å². The van der Waals surface area contributed by atoms with Crippen LogP contribution < -0.4 is 0 Å². The van der Waals surface area contributed by atoms with Crippen molar-refractivity contribution in [3.8, 4) is 0 Å². The second kappa shape index (κ2) is 6.06. The Hall–Kier alpha value is -0.870. The second-order valence-electron chi connectivity index (χ2n) is 6.01. The lowest BCUT2D eigenvalue weighted by atomic mass is 9.94. The van der Waals surface area contributed by atoms with Gasteiger partial charge in [-0.25, -0.2) is 0 Å². The lowest BCUT2D eigenvalue weighted by molar-refractivity contribution is 0.0753. The molecule has 1 saturated carbocycles. The molecule has 106 valence electrons. The highest BCUT2D eigenvalue weighted by molar-refractivity contribution is 5.11. The van der Waals surface area contributed by atoms with E-state index < -0.39 is 0 Å². The quantitative estimate of drug-likeness (QED) is 0.838. The van der Waals surface area contributed by atoms with E-state index >= 15 is 0 Å². The maximum absolute atomic E-state index is 5.14. The molecule has 4 nitrogen and oxygen atoms in total. The van der Waals surface area contributed by atoms with Gasteiger partial charge < -0.3 is 4.52 Å². The molecule has 0 atom stereocenters. The lowest BCUT2D eigenvalue weighted by Gasteiger charge is -2.40. The van der Waals surface area contributed by atoms with Gasteiger partial charge in [0, 0.05) is 44.3 Å². The fourth-order valence-corrected chi connectivity index (χ4v) is 3.44. The van der Waals surface area contributed by atoms with Crippen LogP contribution in [0.15, 0.2) is 10.7 Å². The summed E-state index contributed by atoms with van der Waals surface area (Å²) in [5, 5.41) is 3.86. The fraction of sp³-hybridized carbons (Fsp3) is 0.800. The van der Waals surface area contributed by atoms with Gasteiger partial charge in [-0.1, -0.05) is 24.4 Å². The molecule has 0 aromatic carbocycles. The van der Waals surface area contributed by atoms with Crippen molar-refractivity contribution >= 4 is 0 Å². The molecule has 0 N–H and O–H groups in total.